The van der Waals surface area contributed by atoms with E-state index in [4.69, 9.17) is 14.2 Å². The van der Waals surface area contributed by atoms with Crippen molar-refractivity contribution < 1.29 is 82.0 Å². The molecule has 2 aliphatic heterocycles. The minimum atomic E-state index is -1.42. The number of aliphatic hydroxyl groups excluding tert-OH is 1. The molecular weight excluding hydrogens is 1500 g/mol. The van der Waals surface area contributed by atoms with E-state index in [0.717, 1.165) is 23.3 Å². The van der Waals surface area contributed by atoms with E-state index < -0.39 is 156 Å². The van der Waals surface area contributed by atoms with E-state index in [2.05, 4.69) is 68.0 Å². The zero-order chi connectivity index (χ0) is 79.8. The van der Waals surface area contributed by atoms with Gasteiger partial charge in [-0.15, -0.1) is 18.3 Å². The van der Waals surface area contributed by atoms with Gasteiger partial charge in [0.2, 0.25) is 47.3 Å². The number of likely N-dealkylation sites (N-methyl/N-ethyl adjacent to an activating group) is 2. The predicted molar refractivity (Wildman–Crippen MR) is 415 cm³/mol. The highest BCUT2D eigenvalue weighted by atomic mass is 127. The van der Waals surface area contributed by atoms with Crippen molar-refractivity contribution in [3.05, 3.63) is 77.9 Å². The number of rotatable bonds is 42. The lowest BCUT2D eigenvalue weighted by Crippen LogP contribution is -2.60. The maximum absolute atomic E-state index is 14.9. The lowest BCUT2D eigenvalue weighted by atomic mass is 9.89. The summed E-state index contributed by atoms with van der Waals surface area (Å²) >= 11 is 3.57. The molecule has 106 heavy (non-hydrogen) atoms. The van der Waals surface area contributed by atoms with Crippen LogP contribution in [0.3, 0.4) is 0 Å². The molecule has 2 fully saturated rings. The fourth-order valence-electron chi connectivity index (χ4n) is 13.5. The van der Waals surface area contributed by atoms with Crippen molar-refractivity contribution in [2.75, 3.05) is 40.2 Å². The van der Waals surface area contributed by atoms with Crippen molar-refractivity contribution in [1.29, 1.82) is 0 Å². The summed E-state index contributed by atoms with van der Waals surface area (Å²) in [5.74, 6) is -8.47. The highest BCUT2D eigenvalue weighted by molar-refractivity contribution is 14.1. The number of methoxy groups -OCH3 is 2. The molecule has 15 atom stereocenters. The zero-order valence-corrected chi connectivity index (χ0v) is 68.3. The largest absolute Gasteiger partial charge is 0.481 e. The smallest absolute Gasteiger partial charge is 0.410 e. The molecule has 2 aromatic carbocycles. The molecule has 0 bridgehead atoms. The molecule has 8 N–H and O–H groups in total. The number of carbonyl (C=O) groups is 12. The maximum atomic E-state index is 14.9. The van der Waals surface area contributed by atoms with Crippen LogP contribution in [0, 0.1) is 29.6 Å². The Morgan fingerprint density at radius 2 is 1.37 bits per heavy atom. The van der Waals surface area contributed by atoms with Gasteiger partial charge in [0.25, 0.3) is 5.91 Å². The summed E-state index contributed by atoms with van der Waals surface area (Å²) in [6, 6.07) is 4.75. The summed E-state index contributed by atoms with van der Waals surface area (Å²) in [6.07, 6.45) is 2.57. The van der Waals surface area contributed by atoms with E-state index in [1.165, 1.54) is 57.0 Å². The molecule has 2 unspecified atom stereocenters. The molecule has 2 heterocycles. The Balaban J connectivity index is 1.38. The normalized spacial score (nSPS) is 18.4. The number of nitrogens with zero attached hydrogens (tertiary/aromatic N) is 4. The monoisotopic (exact) mass is 1610 g/mol. The number of anilines is 1. The van der Waals surface area contributed by atoms with Crippen LogP contribution in [0.5, 0.6) is 0 Å². The SMILES string of the molecule is C=CCCC(C)c1ccc([C@H](O)[C@@H](C)NC(=O)[C@H](C)[C@@H](OC)[C@@H]2CCCN2C(=O)C[C@@H](OC)[C@H]([C@@H](C)CC)N(C)C(=O)[C@@H](NC(=O)[C@H](C(C)C)N(C)C(=O)OCc2ccc(NC(=O)[C@H](CCC(=O)O)NC(=O)[C@H](C)NC(=O)[C@@H](CC(C)C)NC(=O)N3C(=O)CC(SC(I)(CC)CC)C3=O)cc2)C(C)C)cc1. The van der Waals surface area contributed by atoms with Crippen molar-refractivity contribution in [1.82, 2.24) is 46.2 Å². The van der Waals surface area contributed by atoms with E-state index in [9.17, 15) is 67.7 Å². The number of alkyl halides is 1. The number of aliphatic hydroxyl groups is 1. The number of carboxylic acids is 1. The molecule has 0 spiro atoms. The van der Waals surface area contributed by atoms with Gasteiger partial charge >= 0.3 is 18.1 Å². The Labute approximate surface area is 644 Å². The number of likely N-dealkylation sites (tertiary alicyclic amines) is 2. The molecule has 592 valence electrons. The number of carboxylic acid groups (broad SMARTS) is 1. The van der Waals surface area contributed by atoms with Crippen LogP contribution in [0.15, 0.2) is 61.2 Å². The molecule has 2 saturated heterocycles. The van der Waals surface area contributed by atoms with E-state index >= 15 is 0 Å². The minimum Gasteiger partial charge on any atom is -0.481 e. The lowest BCUT2D eigenvalue weighted by molar-refractivity contribution is -0.148. The third-order valence-electron chi connectivity index (χ3n) is 20.2. The van der Waals surface area contributed by atoms with Crippen molar-refractivity contribution in [3.63, 3.8) is 0 Å². The molecule has 0 radical (unpaired) electrons. The summed E-state index contributed by atoms with van der Waals surface area (Å²) in [5, 5.41) is 36.2. The van der Waals surface area contributed by atoms with Crippen LogP contribution in [0.1, 0.15) is 203 Å². The van der Waals surface area contributed by atoms with Gasteiger partial charge in [-0.05, 0) is 124 Å². The highest BCUT2D eigenvalue weighted by Gasteiger charge is 2.48. The summed E-state index contributed by atoms with van der Waals surface area (Å²) in [5.41, 5.74) is 2.50. The number of thioether (sulfide) groups is 1. The number of hydrogen-bond donors (Lipinski definition) is 8. The molecule has 4 rings (SSSR count). The van der Waals surface area contributed by atoms with Gasteiger partial charge in [0.05, 0.1) is 56.8 Å². The van der Waals surface area contributed by atoms with E-state index in [1.807, 2.05) is 58.0 Å². The number of amides is 12. The van der Waals surface area contributed by atoms with Crippen LogP contribution >= 0.6 is 34.4 Å². The number of imide groups is 3. The van der Waals surface area contributed by atoms with Gasteiger partial charge in [-0.2, -0.15) is 4.90 Å². The Morgan fingerprint density at radius 3 is 1.92 bits per heavy atom. The zero-order valence-electron chi connectivity index (χ0n) is 65.3. The molecule has 29 heteroatoms. The molecule has 0 aromatic heterocycles. The summed E-state index contributed by atoms with van der Waals surface area (Å²) in [7, 11) is 6.04. The Bertz CT molecular complexity index is 3320. The molecular formula is C77H119IN10O17S. The van der Waals surface area contributed by atoms with Gasteiger partial charge < -0.3 is 66.1 Å². The van der Waals surface area contributed by atoms with Crippen molar-refractivity contribution in [2.24, 2.45) is 29.6 Å². The van der Waals surface area contributed by atoms with Crippen LogP contribution in [-0.2, 0) is 68.8 Å². The van der Waals surface area contributed by atoms with E-state index in [0.29, 0.717) is 60.6 Å². The number of carbonyl (C=O) groups excluding carboxylic acids is 11. The predicted octanol–water partition coefficient (Wildman–Crippen LogP) is 9.38. The van der Waals surface area contributed by atoms with Gasteiger partial charge in [0, 0.05) is 53.4 Å². The molecule has 2 aliphatic rings. The second kappa shape index (κ2) is 43.1. The number of nitrogens with one attached hydrogen (secondary N) is 6. The summed E-state index contributed by atoms with van der Waals surface area (Å²) < 4.78 is 17.5. The van der Waals surface area contributed by atoms with E-state index in [1.54, 1.807) is 79.5 Å². The molecule has 2 aromatic rings. The first-order valence-corrected chi connectivity index (χ1v) is 39.1. The molecule has 12 amide bonds. The average molecular weight is 1620 g/mol. The van der Waals surface area contributed by atoms with Gasteiger partial charge in [0.1, 0.15) is 36.8 Å². The number of ether oxygens (including phenoxy) is 3. The second-order valence-electron chi connectivity index (χ2n) is 29.4. The number of halogens is 1. The summed E-state index contributed by atoms with van der Waals surface area (Å²) in [6.45, 7) is 29.4. The van der Waals surface area contributed by atoms with Crippen LogP contribution in [0.2, 0.25) is 0 Å². The summed E-state index contributed by atoms with van der Waals surface area (Å²) in [4.78, 5) is 169. The average Bonchev–Trinajstić information content (AvgIpc) is 1.18. The quantitative estimate of drug-likeness (QED) is 0.0133. The first kappa shape index (κ1) is 91.2. The molecule has 0 saturated carbocycles. The van der Waals surface area contributed by atoms with Gasteiger partial charge in [-0.3, -0.25) is 52.8 Å². The van der Waals surface area contributed by atoms with Gasteiger partial charge in [-0.1, -0.05) is 155 Å². The lowest BCUT2D eigenvalue weighted by Gasteiger charge is -2.41. The van der Waals surface area contributed by atoms with E-state index in [-0.39, 0.29) is 64.4 Å². The Hall–Kier alpha value is -7.22. The van der Waals surface area contributed by atoms with Gasteiger partial charge in [-0.25, -0.2) is 9.59 Å². The van der Waals surface area contributed by atoms with Crippen LogP contribution in [0.25, 0.3) is 0 Å². The standard InChI is InChI=1S/C77H119IN10O17S/c1-20-24-26-47(12)52-30-32-53(33-31-52)66(93)49(14)79-68(94)48(13)67(104-19)57-27-25-38-87(57)60(89)40-58(103-18)65(46(11)21-2)85(16)74(100)63(44(7)8)84-72(98)64(45(9)10)86(17)76(102)105-42-51-28-34-54(35-29-51)81-70(96)55(36-37-62(91)92)82-69(95)50(15)80-71(97)56(39-43(5)6)83-75(101)88-61(90)41-59(73(88)99)106-77(78,22-3)23-4/h20,28-35,43-50,55-59,63-67,93H,1,21-27,36-42H2,2-19H3,(H,79,94)(H,80,97)(H,81,96)(H,82,95)(H,83,101)(H,84,98)(H,91,92)/t46-,47?,48+,49+,50-,55-,56+,57-,58+,59?,63-,64-,65-,66+,67+/m0/s1. The Morgan fingerprint density at radius 1 is 0.745 bits per heavy atom. The number of allylic oxidation sites excluding steroid dienone is 1. The first-order valence-electron chi connectivity index (χ1n) is 37.1. The molecule has 27 nitrogen and oxygen atoms in total. The fraction of sp³-hybridized carbons (Fsp3) is 0.662. The van der Waals surface area contributed by atoms with Crippen LogP contribution < -0.4 is 31.9 Å². The Kier molecular flexibility index (Phi) is 37.1. The number of benzene rings is 2. The van der Waals surface area contributed by atoms with Crippen molar-refractivity contribution in [2.45, 2.75) is 261 Å². The van der Waals surface area contributed by atoms with Gasteiger partial charge in [0.15, 0.2) is 0 Å². The topological polar surface area (TPSA) is 358 Å². The number of hydrogen-bond acceptors (Lipinski definition) is 17. The number of aliphatic carboxylic acids is 1. The third kappa shape index (κ3) is 25.7. The third-order valence-corrected chi connectivity index (χ3v) is 24.2. The van der Waals surface area contributed by atoms with Crippen LogP contribution in [0.4, 0.5) is 15.3 Å². The fourth-order valence-corrected chi connectivity index (χ4v) is 15.7. The minimum absolute atomic E-state index is 0.0611. The highest BCUT2D eigenvalue weighted by Crippen LogP contribution is 2.45. The van der Waals surface area contributed by atoms with Crippen molar-refractivity contribution in [3.8, 4) is 0 Å². The van der Waals surface area contributed by atoms with Crippen LogP contribution in [-0.4, -0.2) is 204 Å². The molecule has 0 aliphatic carbocycles. The number of urea groups is 1. The van der Waals surface area contributed by atoms with Crippen molar-refractivity contribution >= 4 is 111 Å². The first-order chi connectivity index (χ1) is 49.8. The second-order valence-corrected chi connectivity index (χ2v) is 33.7. The maximum Gasteiger partial charge on any atom is 0.410 e.